The first-order valence-corrected chi connectivity index (χ1v) is 9.96. The van der Waals surface area contributed by atoms with Gasteiger partial charge < -0.3 is 4.42 Å². The van der Waals surface area contributed by atoms with Gasteiger partial charge in [-0.2, -0.15) is 0 Å². The number of fused-ring (bicyclic) bond motifs is 9. The first-order chi connectivity index (χ1) is 14.4. The Hall–Kier alpha value is -3.84. The maximum absolute atomic E-state index is 6.23. The molecule has 0 aliphatic heterocycles. The highest BCUT2D eigenvalue weighted by Crippen LogP contribution is 2.51. The van der Waals surface area contributed by atoms with Crippen LogP contribution >= 0.6 is 0 Å². The molecule has 1 aliphatic rings. The summed E-state index contributed by atoms with van der Waals surface area (Å²) < 4.78 is 6.23. The van der Waals surface area contributed by atoms with E-state index >= 15 is 0 Å². The number of hydrogen-bond acceptors (Lipinski definition) is 1. The molecule has 29 heavy (non-hydrogen) atoms. The molecule has 7 rings (SSSR count). The van der Waals surface area contributed by atoms with Crippen molar-refractivity contribution < 1.29 is 4.42 Å². The summed E-state index contributed by atoms with van der Waals surface area (Å²) in [6.07, 6.45) is 0. The lowest BCUT2D eigenvalue weighted by molar-refractivity contribution is 0.669. The molecule has 0 N–H and O–H groups in total. The van der Waals surface area contributed by atoms with Gasteiger partial charge in [-0.1, -0.05) is 78.9 Å². The van der Waals surface area contributed by atoms with Crippen molar-refractivity contribution in [3.63, 3.8) is 0 Å². The number of furan rings is 1. The molecule has 0 bridgehead atoms. The monoisotopic (exact) mass is 368 g/mol. The van der Waals surface area contributed by atoms with Crippen molar-refractivity contribution in [3.8, 4) is 33.4 Å². The molecule has 0 atom stereocenters. The lowest BCUT2D eigenvalue weighted by Crippen LogP contribution is -1.86. The summed E-state index contributed by atoms with van der Waals surface area (Å²) in [5.41, 5.74) is 9.56. The fourth-order valence-corrected chi connectivity index (χ4v) is 5.05. The smallest absolute Gasteiger partial charge is 0.136 e. The molecule has 1 heterocycles. The van der Waals surface area contributed by atoms with Crippen molar-refractivity contribution in [2.24, 2.45) is 0 Å². The number of hydrogen-bond donors (Lipinski definition) is 0. The van der Waals surface area contributed by atoms with Crippen LogP contribution in [0.25, 0.3) is 66.1 Å². The minimum Gasteiger partial charge on any atom is -0.456 e. The quantitative estimate of drug-likeness (QED) is 0.264. The van der Waals surface area contributed by atoms with Crippen LogP contribution < -0.4 is 0 Å². The van der Waals surface area contributed by atoms with Crippen molar-refractivity contribution in [1.82, 2.24) is 0 Å². The lowest BCUT2D eigenvalue weighted by atomic mass is 9.90. The second-order valence-electron chi connectivity index (χ2n) is 7.71. The fraction of sp³-hybridized carbons (Fsp3) is 0. The van der Waals surface area contributed by atoms with E-state index in [9.17, 15) is 0 Å². The van der Waals surface area contributed by atoms with Crippen molar-refractivity contribution in [3.05, 3.63) is 97.1 Å². The van der Waals surface area contributed by atoms with Gasteiger partial charge in [-0.15, -0.1) is 0 Å². The van der Waals surface area contributed by atoms with Crippen molar-refractivity contribution in [2.75, 3.05) is 0 Å². The molecule has 0 spiro atoms. The van der Waals surface area contributed by atoms with Gasteiger partial charge in [0.2, 0.25) is 0 Å². The zero-order valence-corrected chi connectivity index (χ0v) is 15.6. The summed E-state index contributed by atoms with van der Waals surface area (Å²) in [6.45, 7) is 0. The van der Waals surface area contributed by atoms with E-state index in [1.54, 1.807) is 0 Å². The van der Waals surface area contributed by atoms with Crippen LogP contribution in [0.1, 0.15) is 0 Å². The summed E-state index contributed by atoms with van der Waals surface area (Å²) in [6, 6.07) is 34.7. The summed E-state index contributed by atoms with van der Waals surface area (Å²) in [4.78, 5) is 0. The summed E-state index contributed by atoms with van der Waals surface area (Å²) in [5.74, 6) is 0. The number of para-hydroxylation sites is 1. The normalized spacial score (nSPS) is 12.1. The Bertz CT molecular complexity index is 1590. The third-order valence-corrected chi connectivity index (χ3v) is 6.22. The van der Waals surface area contributed by atoms with Crippen LogP contribution in [0.4, 0.5) is 0 Å². The molecule has 0 radical (unpaired) electrons. The molecule has 134 valence electrons. The fourth-order valence-electron chi connectivity index (χ4n) is 5.05. The van der Waals surface area contributed by atoms with E-state index in [1.807, 2.05) is 6.07 Å². The molecule has 0 saturated carbocycles. The molecule has 0 saturated heterocycles. The Kier molecular flexibility index (Phi) is 2.80. The Morgan fingerprint density at radius 2 is 1.10 bits per heavy atom. The van der Waals surface area contributed by atoms with Crippen LogP contribution in [-0.2, 0) is 0 Å². The van der Waals surface area contributed by atoms with Gasteiger partial charge in [-0.05, 0) is 56.8 Å². The van der Waals surface area contributed by atoms with Crippen molar-refractivity contribution in [2.45, 2.75) is 0 Å². The zero-order chi connectivity index (χ0) is 18.9. The van der Waals surface area contributed by atoms with E-state index in [-0.39, 0.29) is 0 Å². The summed E-state index contributed by atoms with van der Waals surface area (Å²) in [5, 5.41) is 4.97. The van der Waals surface area contributed by atoms with Crippen LogP contribution in [0.15, 0.2) is 101 Å². The van der Waals surface area contributed by atoms with Gasteiger partial charge in [-0.25, -0.2) is 0 Å². The van der Waals surface area contributed by atoms with Gasteiger partial charge in [0.05, 0.1) is 0 Å². The first-order valence-electron chi connectivity index (χ1n) is 9.96. The van der Waals surface area contributed by atoms with Crippen LogP contribution in [0.2, 0.25) is 0 Å². The van der Waals surface area contributed by atoms with E-state index in [0.717, 1.165) is 11.2 Å². The predicted molar refractivity (Wildman–Crippen MR) is 121 cm³/mol. The molecule has 1 heteroatoms. The Balaban J connectivity index is 1.82. The first kappa shape index (κ1) is 15.1. The van der Waals surface area contributed by atoms with Crippen molar-refractivity contribution in [1.29, 1.82) is 0 Å². The standard InChI is InChI=1S/C28H16O/c1-2-10-19-18(9-1)20-12-5-7-17-8-6-13-23(26(17)20)27-21(19)15-16-25-28(27)22-11-3-4-14-24(22)29-25/h1-16H. The van der Waals surface area contributed by atoms with Crippen molar-refractivity contribution >= 4 is 32.7 Å². The highest BCUT2D eigenvalue weighted by atomic mass is 16.3. The Morgan fingerprint density at radius 1 is 0.414 bits per heavy atom. The Morgan fingerprint density at radius 3 is 1.97 bits per heavy atom. The molecule has 0 amide bonds. The maximum Gasteiger partial charge on any atom is 0.136 e. The molecule has 0 fully saturated rings. The topological polar surface area (TPSA) is 13.1 Å². The molecule has 1 aliphatic carbocycles. The second kappa shape index (κ2) is 5.36. The Labute approximate surface area is 167 Å². The highest BCUT2D eigenvalue weighted by Gasteiger charge is 2.24. The van der Waals surface area contributed by atoms with E-state index in [0.29, 0.717) is 0 Å². The molecule has 6 aromatic rings. The average molecular weight is 368 g/mol. The molecule has 1 aromatic heterocycles. The molecule has 0 unspecified atom stereocenters. The molecular formula is C28H16O. The van der Waals surface area contributed by atoms with Gasteiger partial charge in [0.25, 0.3) is 0 Å². The van der Waals surface area contributed by atoms with Crippen LogP contribution in [0.5, 0.6) is 0 Å². The van der Waals surface area contributed by atoms with E-state index in [4.69, 9.17) is 4.42 Å². The zero-order valence-electron chi connectivity index (χ0n) is 15.6. The lowest BCUT2D eigenvalue weighted by Gasteiger charge is -2.12. The minimum absolute atomic E-state index is 0.939. The minimum atomic E-state index is 0.939. The number of benzene rings is 5. The largest absolute Gasteiger partial charge is 0.456 e. The van der Waals surface area contributed by atoms with E-state index in [2.05, 4.69) is 91.0 Å². The highest BCUT2D eigenvalue weighted by molar-refractivity contribution is 6.22. The predicted octanol–water partition coefficient (Wildman–Crippen LogP) is 8.05. The van der Waals surface area contributed by atoms with Gasteiger partial charge >= 0.3 is 0 Å². The molecule has 5 aromatic carbocycles. The van der Waals surface area contributed by atoms with E-state index in [1.165, 1.54) is 54.9 Å². The third kappa shape index (κ3) is 1.89. The SMILES string of the molecule is c1ccc2c(c1)-c1ccc3oc4ccccc4c3c1-c1cccc3cccc-2c13. The number of rotatable bonds is 0. The molecule has 1 nitrogen and oxygen atoms in total. The summed E-state index contributed by atoms with van der Waals surface area (Å²) in [7, 11) is 0. The molecular weight excluding hydrogens is 352 g/mol. The van der Waals surface area contributed by atoms with Crippen LogP contribution in [0, 0.1) is 0 Å². The van der Waals surface area contributed by atoms with Crippen LogP contribution in [-0.4, -0.2) is 0 Å². The second-order valence-corrected chi connectivity index (χ2v) is 7.71. The van der Waals surface area contributed by atoms with Crippen LogP contribution in [0.3, 0.4) is 0 Å². The third-order valence-electron chi connectivity index (χ3n) is 6.22. The van der Waals surface area contributed by atoms with Gasteiger partial charge in [0.1, 0.15) is 11.2 Å². The maximum atomic E-state index is 6.23. The van der Waals surface area contributed by atoms with Gasteiger partial charge in [0.15, 0.2) is 0 Å². The van der Waals surface area contributed by atoms with Gasteiger partial charge in [0, 0.05) is 16.3 Å². The van der Waals surface area contributed by atoms with E-state index < -0.39 is 0 Å². The summed E-state index contributed by atoms with van der Waals surface area (Å²) >= 11 is 0. The van der Waals surface area contributed by atoms with Gasteiger partial charge in [-0.3, -0.25) is 0 Å². The average Bonchev–Trinajstić information content (AvgIpc) is 3.11.